The Labute approximate surface area is 122 Å². The lowest BCUT2D eigenvalue weighted by atomic mass is 10.2. The van der Waals surface area contributed by atoms with Crippen molar-refractivity contribution in [3.8, 4) is 5.75 Å². The van der Waals surface area contributed by atoms with Crippen LogP contribution in [0.25, 0.3) is 0 Å². The second kappa shape index (κ2) is 5.85. The average Bonchev–Trinajstić information content (AvgIpc) is 2.82. The zero-order valence-electron chi connectivity index (χ0n) is 11.2. The molecule has 7 heteroatoms. The topological polar surface area (TPSA) is 61.2 Å². The molecule has 0 unspecified atom stereocenters. The van der Waals surface area contributed by atoms with Crippen molar-refractivity contribution >= 4 is 19.7 Å². The first kappa shape index (κ1) is 14.9. The van der Waals surface area contributed by atoms with Gasteiger partial charge in [-0.1, -0.05) is 0 Å². The highest BCUT2D eigenvalue weighted by Crippen LogP contribution is 2.24. The summed E-state index contributed by atoms with van der Waals surface area (Å²) in [4.78, 5) is 4.30. The van der Waals surface area contributed by atoms with Crippen LogP contribution in [0.2, 0.25) is 0 Å². The number of nitrogens with zero attached hydrogens (tertiary/aromatic N) is 2. The average molecular weight is 315 g/mol. The molecule has 0 atom stereocenters. The summed E-state index contributed by atoms with van der Waals surface area (Å²) < 4.78 is 30.2. The van der Waals surface area contributed by atoms with Crippen molar-refractivity contribution in [1.29, 1.82) is 0 Å². The summed E-state index contributed by atoms with van der Waals surface area (Å²) in [6.07, 6.45) is 3.60. The highest BCUT2D eigenvalue weighted by atomic mass is 35.7. The molecule has 0 N–H and O–H groups in total. The molecule has 108 valence electrons. The fourth-order valence-electron chi connectivity index (χ4n) is 1.90. The Balaban J connectivity index is 2.14. The summed E-state index contributed by atoms with van der Waals surface area (Å²) in [5.41, 5.74) is 0.552. The molecule has 1 heterocycles. The van der Waals surface area contributed by atoms with Crippen LogP contribution >= 0.6 is 10.7 Å². The summed E-state index contributed by atoms with van der Waals surface area (Å²) >= 11 is 0. The van der Waals surface area contributed by atoms with Crippen LogP contribution in [-0.2, 0) is 22.2 Å². The normalized spacial score (nSPS) is 11.6. The van der Waals surface area contributed by atoms with Crippen molar-refractivity contribution in [2.24, 2.45) is 0 Å². The van der Waals surface area contributed by atoms with E-state index >= 15 is 0 Å². The minimum Gasteiger partial charge on any atom is -0.486 e. The summed E-state index contributed by atoms with van der Waals surface area (Å²) in [6, 6.07) is 4.68. The number of halogens is 1. The van der Waals surface area contributed by atoms with E-state index in [0.717, 1.165) is 12.4 Å². The van der Waals surface area contributed by atoms with Gasteiger partial charge in [0.15, 0.2) is 0 Å². The van der Waals surface area contributed by atoms with Crippen LogP contribution in [0.1, 0.15) is 18.3 Å². The quantitative estimate of drug-likeness (QED) is 0.796. The van der Waals surface area contributed by atoms with Crippen molar-refractivity contribution in [3.05, 3.63) is 42.0 Å². The number of ether oxygens (including phenoxy) is 1. The minimum absolute atomic E-state index is 0.0987. The van der Waals surface area contributed by atoms with E-state index < -0.39 is 9.05 Å². The molecule has 0 aliphatic rings. The lowest BCUT2D eigenvalue weighted by molar-refractivity contribution is 0.289. The highest BCUT2D eigenvalue weighted by molar-refractivity contribution is 8.13. The number of rotatable bonds is 5. The summed E-state index contributed by atoms with van der Waals surface area (Å²) in [5.74, 6) is 1.40. The van der Waals surface area contributed by atoms with Gasteiger partial charge in [0, 0.05) is 29.6 Å². The van der Waals surface area contributed by atoms with Gasteiger partial charge in [-0.2, -0.15) is 0 Å². The maximum atomic E-state index is 11.3. The first-order valence-electron chi connectivity index (χ1n) is 6.10. The summed E-state index contributed by atoms with van der Waals surface area (Å²) in [7, 11) is 1.61. The molecule has 0 amide bonds. The van der Waals surface area contributed by atoms with Gasteiger partial charge in [-0.15, -0.1) is 0 Å². The molecule has 0 radical (unpaired) electrons. The highest BCUT2D eigenvalue weighted by Gasteiger charge is 2.14. The second-order valence-electron chi connectivity index (χ2n) is 4.28. The van der Waals surface area contributed by atoms with E-state index in [9.17, 15) is 8.42 Å². The van der Waals surface area contributed by atoms with Crippen molar-refractivity contribution < 1.29 is 13.2 Å². The third kappa shape index (κ3) is 3.32. The Morgan fingerprint density at radius 2 is 2.15 bits per heavy atom. The van der Waals surface area contributed by atoms with Gasteiger partial charge < -0.3 is 9.30 Å². The number of aryl methyl sites for hydroxylation is 2. The summed E-state index contributed by atoms with van der Waals surface area (Å²) in [5, 5.41) is 0. The van der Waals surface area contributed by atoms with Crippen LogP contribution in [0, 0.1) is 6.92 Å². The largest absolute Gasteiger partial charge is 0.486 e. The number of aromatic nitrogens is 2. The van der Waals surface area contributed by atoms with E-state index in [-0.39, 0.29) is 4.90 Å². The Kier molecular flexibility index (Phi) is 4.35. The predicted octanol–water partition coefficient (Wildman–Crippen LogP) is 2.72. The molecule has 2 rings (SSSR count). The molecule has 0 aliphatic carbocycles. The van der Waals surface area contributed by atoms with Crippen LogP contribution in [-0.4, -0.2) is 18.0 Å². The van der Waals surface area contributed by atoms with Crippen LogP contribution in [0.4, 0.5) is 0 Å². The second-order valence-corrected chi connectivity index (χ2v) is 6.82. The molecule has 0 spiro atoms. The van der Waals surface area contributed by atoms with Crippen molar-refractivity contribution in [3.63, 3.8) is 0 Å². The molecule has 0 saturated heterocycles. The van der Waals surface area contributed by atoms with Gasteiger partial charge in [-0.3, -0.25) is 0 Å². The number of hydrogen-bond donors (Lipinski definition) is 0. The van der Waals surface area contributed by atoms with E-state index in [2.05, 4.69) is 4.98 Å². The van der Waals surface area contributed by atoms with Gasteiger partial charge in [0.25, 0.3) is 9.05 Å². The fraction of sp³-hybridized carbons (Fsp3) is 0.308. The number of hydrogen-bond acceptors (Lipinski definition) is 4. The first-order chi connectivity index (χ1) is 9.41. The van der Waals surface area contributed by atoms with Gasteiger partial charge >= 0.3 is 0 Å². The number of imidazole rings is 1. The molecule has 1 aromatic heterocycles. The van der Waals surface area contributed by atoms with Gasteiger partial charge in [-0.05, 0) is 37.6 Å². The minimum atomic E-state index is -3.72. The zero-order valence-corrected chi connectivity index (χ0v) is 12.8. The van der Waals surface area contributed by atoms with Crippen molar-refractivity contribution in [1.82, 2.24) is 9.55 Å². The molecule has 0 fully saturated rings. The van der Waals surface area contributed by atoms with Crippen LogP contribution < -0.4 is 4.74 Å². The maximum Gasteiger partial charge on any atom is 0.261 e. The molecule has 1 aromatic carbocycles. The maximum absolute atomic E-state index is 11.3. The Morgan fingerprint density at radius 3 is 2.75 bits per heavy atom. The predicted molar refractivity (Wildman–Crippen MR) is 76.5 cm³/mol. The van der Waals surface area contributed by atoms with E-state index in [0.29, 0.717) is 17.9 Å². The Morgan fingerprint density at radius 1 is 1.40 bits per heavy atom. The molecular formula is C13H15ClN2O3S. The lowest BCUT2D eigenvalue weighted by Gasteiger charge is -2.09. The van der Waals surface area contributed by atoms with Gasteiger partial charge in [0.05, 0.1) is 4.90 Å². The smallest absolute Gasteiger partial charge is 0.261 e. The molecule has 2 aromatic rings. The van der Waals surface area contributed by atoms with Crippen LogP contribution in [0.15, 0.2) is 35.5 Å². The monoisotopic (exact) mass is 314 g/mol. The van der Waals surface area contributed by atoms with Gasteiger partial charge in [-0.25, -0.2) is 13.4 Å². The number of benzene rings is 1. The van der Waals surface area contributed by atoms with Gasteiger partial charge in [0.1, 0.15) is 18.2 Å². The summed E-state index contributed by atoms with van der Waals surface area (Å²) in [6.45, 7) is 4.85. The molecule has 5 nitrogen and oxygen atoms in total. The van der Waals surface area contributed by atoms with Crippen LogP contribution in [0.5, 0.6) is 5.75 Å². The molecule has 0 aliphatic heterocycles. The van der Waals surface area contributed by atoms with Crippen LogP contribution in [0.3, 0.4) is 0 Å². The molecule has 20 heavy (non-hydrogen) atoms. The molecular weight excluding hydrogens is 300 g/mol. The van der Waals surface area contributed by atoms with Crippen molar-refractivity contribution in [2.45, 2.75) is 31.9 Å². The zero-order chi connectivity index (χ0) is 14.8. The Hall–Kier alpha value is -1.53. The van der Waals surface area contributed by atoms with E-state index in [1.165, 1.54) is 6.07 Å². The van der Waals surface area contributed by atoms with E-state index in [4.69, 9.17) is 15.4 Å². The van der Waals surface area contributed by atoms with E-state index in [1.54, 1.807) is 25.3 Å². The van der Waals surface area contributed by atoms with Gasteiger partial charge in [0.2, 0.25) is 0 Å². The Bertz CT molecular complexity index is 710. The fourth-order valence-corrected chi connectivity index (χ4v) is 3.09. The standard InChI is InChI=1S/C13H15ClN2O3S/c1-3-16-7-6-15-13(16)9-19-11-4-5-12(10(2)8-11)20(14,17)18/h4-8H,3,9H2,1-2H3. The van der Waals surface area contributed by atoms with E-state index in [1.807, 2.05) is 17.7 Å². The van der Waals surface area contributed by atoms with Crippen molar-refractivity contribution in [2.75, 3.05) is 0 Å². The SMILES string of the molecule is CCn1ccnc1COc1ccc(S(=O)(=O)Cl)c(C)c1. The molecule has 0 saturated carbocycles. The molecule has 0 bridgehead atoms. The third-order valence-electron chi connectivity index (χ3n) is 2.92. The first-order valence-corrected chi connectivity index (χ1v) is 8.41. The third-order valence-corrected chi connectivity index (χ3v) is 4.40. The lowest BCUT2D eigenvalue weighted by Crippen LogP contribution is -2.05.